The zero-order valence-electron chi connectivity index (χ0n) is 23.2. The summed E-state index contributed by atoms with van der Waals surface area (Å²) in [5.41, 5.74) is 13.9. The molecule has 0 aliphatic carbocycles. The number of amides is 2. The summed E-state index contributed by atoms with van der Waals surface area (Å²) >= 11 is 0. The molecule has 0 radical (unpaired) electrons. The number of aromatic carboxylic acids is 1. The van der Waals surface area contributed by atoms with Gasteiger partial charge in [0, 0.05) is 12.1 Å². The van der Waals surface area contributed by atoms with Crippen LogP contribution in [0, 0.1) is 0 Å². The Bertz CT molecular complexity index is 1680. The lowest BCUT2D eigenvalue weighted by atomic mass is 9.95. The summed E-state index contributed by atoms with van der Waals surface area (Å²) in [6.45, 7) is 2.08. The van der Waals surface area contributed by atoms with Crippen LogP contribution in [0.25, 0.3) is 11.2 Å². The smallest absolute Gasteiger partial charge is 0.336 e. The number of hydrogen-bond donors (Lipinski definition) is 6. The largest absolute Gasteiger partial charge is 0.480 e. The Labute approximate surface area is 245 Å². The minimum absolute atomic E-state index is 0.00391. The molecule has 4 rings (SSSR count). The van der Waals surface area contributed by atoms with Crippen molar-refractivity contribution >= 4 is 46.7 Å². The maximum absolute atomic E-state index is 12.8. The number of hydrogen-bond acceptors (Lipinski definition) is 10. The lowest BCUT2D eigenvalue weighted by molar-refractivity contribution is -0.139. The number of benzene rings is 2. The molecule has 1 unspecified atom stereocenters. The number of nitrogens with one attached hydrogen (secondary N) is 2. The number of fused-ring (bicyclic) bond motifs is 1. The molecule has 0 saturated carbocycles. The molecule has 2 aromatic heterocycles. The summed E-state index contributed by atoms with van der Waals surface area (Å²) in [5.74, 6) is -3.42. The van der Waals surface area contributed by atoms with E-state index in [2.05, 4.69) is 30.6 Å². The molecule has 43 heavy (non-hydrogen) atoms. The third kappa shape index (κ3) is 7.55. The number of carboxylic acid groups (broad SMARTS) is 2. The van der Waals surface area contributed by atoms with E-state index in [4.69, 9.17) is 11.5 Å². The van der Waals surface area contributed by atoms with Gasteiger partial charge in [-0.15, -0.1) is 0 Å². The zero-order valence-corrected chi connectivity index (χ0v) is 23.2. The normalized spacial score (nSPS) is 12.3. The Hall–Kier alpha value is -5.66. The lowest BCUT2D eigenvalue weighted by Gasteiger charge is -2.16. The molecular weight excluding hydrogens is 556 g/mol. The highest BCUT2D eigenvalue weighted by Crippen LogP contribution is 2.22. The third-order valence-corrected chi connectivity index (χ3v) is 6.72. The maximum Gasteiger partial charge on any atom is 0.336 e. The molecule has 14 nitrogen and oxygen atoms in total. The second-order valence-electron chi connectivity index (χ2n) is 9.84. The van der Waals surface area contributed by atoms with Gasteiger partial charge < -0.3 is 32.3 Å². The molecule has 2 atom stereocenters. The fourth-order valence-corrected chi connectivity index (χ4v) is 4.45. The molecule has 2 amide bonds. The van der Waals surface area contributed by atoms with Gasteiger partial charge >= 0.3 is 11.9 Å². The van der Waals surface area contributed by atoms with Crippen LogP contribution in [0.5, 0.6) is 0 Å². The van der Waals surface area contributed by atoms with E-state index in [-0.39, 0.29) is 53.8 Å². The first-order valence-corrected chi connectivity index (χ1v) is 13.3. The van der Waals surface area contributed by atoms with Gasteiger partial charge in [0.15, 0.2) is 17.0 Å². The number of carboxylic acids is 2. The van der Waals surface area contributed by atoms with Crippen LogP contribution < -0.4 is 22.1 Å². The van der Waals surface area contributed by atoms with Crippen molar-refractivity contribution in [1.29, 1.82) is 0 Å². The minimum Gasteiger partial charge on any atom is -0.480 e. The van der Waals surface area contributed by atoms with Gasteiger partial charge in [-0.1, -0.05) is 31.2 Å². The van der Waals surface area contributed by atoms with E-state index in [1.807, 2.05) is 6.92 Å². The van der Waals surface area contributed by atoms with Crippen molar-refractivity contribution < 1.29 is 29.4 Å². The fraction of sp³-hybridized carbons (Fsp3) is 0.241. The van der Waals surface area contributed by atoms with Crippen LogP contribution in [0.1, 0.15) is 68.0 Å². The van der Waals surface area contributed by atoms with E-state index in [1.54, 1.807) is 36.5 Å². The van der Waals surface area contributed by atoms with E-state index < -0.39 is 29.8 Å². The summed E-state index contributed by atoms with van der Waals surface area (Å²) in [5, 5.41) is 24.0. The van der Waals surface area contributed by atoms with E-state index in [1.165, 1.54) is 18.2 Å². The van der Waals surface area contributed by atoms with Crippen molar-refractivity contribution in [3.63, 3.8) is 0 Å². The average molecular weight is 587 g/mol. The summed E-state index contributed by atoms with van der Waals surface area (Å²) in [6.07, 6.45) is 2.40. The number of aliphatic carboxylic acids is 1. The van der Waals surface area contributed by atoms with Gasteiger partial charge in [0.1, 0.15) is 6.04 Å². The van der Waals surface area contributed by atoms with E-state index >= 15 is 0 Å². The predicted molar refractivity (Wildman–Crippen MR) is 156 cm³/mol. The molecule has 0 aliphatic heterocycles. The van der Waals surface area contributed by atoms with Gasteiger partial charge in [0.05, 0.1) is 23.0 Å². The van der Waals surface area contributed by atoms with Crippen molar-refractivity contribution in [2.24, 2.45) is 0 Å². The molecule has 0 bridgehead atoms. The molecule has 14 heteroatoms. The summed E-state index contributed by atoms with van der Waals surface area (Å²) < 4.78 is 0. The minimum atomic E-state index is -1.23. The topological polar surface area (TPSA) is 236 Å². The fourth-order valence-electron chi connectivity index (χ4n) is 4.45. The standard InChI is InChI=1S/C29H30N8O6/c1-15(13-18-14-33-24-22(34-18)23(30)36-29(31)37-24)16-8-10-17(11-9-16)25(38)35-21(28(42)43)7-4-12-32-26(39)19-5-2-3-6-20(19)27(40)41/h2-3,5-6,8-11,14-15,21H,4,7,12-13H2,1H3,(H,32,39)(H,35,38)(H,40,41)(H,42,43)(H4,30,31,33,36,37)/t15?,21-/m0/s1. The van der Waals surface area contributed by atoms with E-state index in [0.717, 1.165) is 5.56 Å². The third-order valence-electron chi connectivity index (χ3n) is 6.72. The molecule has 222 valence electrons. The first kappa shape index (κ1) is 30.3. The lowest BCUT2D eigenvalue weighted by Crippen LogP contribution is -2.41. The first-order chi connectivity index (χ1) is 20.5. The summed E-state index contributed by atoms with van der Waals surface area (Å²) in [6, 6.07) is 11.4. The molecule has 0 saturated heterocycles. The van der Waals surface area contributed by atoms with Crippen molar-refractivity contribution in [1.82, 2.24) is 30.6 Å². The van der Waals surface area contributed by atoms with Crippen molar-refractivity contribution in [2.45, 2.75) is 38.1 Å². The molecule has 0 fully saturated rings. The summed E-state index contributed by atoms with van der Waals surface area (Å²) in [7, 11) is 0. The quantitative estimate of drug-likeness (QED) is 0.131. The number of nitrogens with two attached hydrogens (primary N) is 2. The number of rotatable bonds is 12. The molecule has 4 aromatic rings. The summed E-state index contributed by atoms with van der Waals surface area (Å²) in [4.78, 5) is 65.0. The number of nitrogen functional groups attached to an aromatic ring is 2. The Balaban J connectivity index is 1.30. The van der Waals surface area contributed by atoms with Crippen molar-refractivity contribution in [3.05, 3.63) is 82.7 Å². The highest BCUT2D eigenvalue weighted by Gasteiger charge is 2.21. The van der Waals surface area contributed by atoms with Crippen LogP contribution in [-0.2, 0) is 11.2 Å². The van der Waals surface area contributed by atoms with Crippen LogP contribution >= 0.6 is 0 Å². The molecular formula is C29H30N8O6. The van der Waals surface area contributed by atoms with Gasteiger partial charge in [-0.25, -0.2) is 19.6 Å². The molecule has 2 aromatic carbocycles. The number of aromatic nitrogens is 4. The number of nitrogens with zero attached hydrogens (tertiary/aromatic N) is 4. The van der Waals surface area contributed by atoms with E-state index in [9.17, 15) is 29.4 Å². The monoisotopic (exact) mass is 586 g/mol. The zero-order chi connectivity index (χ0) is 31.1. The molecule has 0 spiro atoms. The van der Waals surface area contributed by atoms with Crippen LogP contribution in [0.2, 0.25) is 0 Å². The van der Waals surface area contributed by atoms with Crippen LogP contribution in [-0.4, -0.2) is 66.5 Å². The van der Waals surface area contributed by atoms with Gasteiger partial charge in [-0.2, -0.15) is 9.97 Å². The molecule has 2 heterocycles. The highest BCUT2D eigenvalue weighted by molar-refractivity contribution is 6.04. The van der Waals surface area contributed by atoms with Gasteiger partial charge in [0.25, 0.3) is 11.8 Å². The average Bonchev–Trinajstić information content (AvgIpc) is 2.98. The number of carbonyl (C=O) groups excluding carboxylic acids is 2. The Morgan fingerprint density at radius 1 is 0.907 bits per heavy atom. The Morgan fingerprint density at radius 3 is 2.28 bits per heavy atom. The van der Waals surface area contributed by atoms with Gasteiger partial charge in [0.2, 0.25) is 5.95 Å². The molecule has 8 N–H and O–H groups in total. The first-order valence-electron chi connectivity index (χ1n) is 13.3. The SMILES string of the molecule is CC(Cc1cnc2nc(N)nc(N)c2n1)c1ccc(C(=O)N[C@@H](CCCNC(=O)c2ccccc2C(=O)O)C(=O)O)cc1. The van der Waals surface area contributed by atoms with Crippen molar-refractivity contribution in [3.8, 4) is 0 Å². The van der Waals surface area contributed by atoms with Gasteiger partial charge in [-0.3, -0.25) is 9.59 Å². The Morgan fingerprint density at radius 2 is 1.60 bits per heavy atom. The highest BCUT2D eigenvalue weighted by atomic mass is 16.4. The number of anilines is 2. The predicted octanol–water partition coefficient (Wildman–Crippen LogP) is 2.02. The second kappa shape index (κ2) is 13.3. The maximum atomic E-state index is 12.8. The van der Waals surface area contributed by atoms with Crippen molar-refractivity contribution in [2.75, 3.05) is 18.0 Å². The van der Waals surface area contributed by atoms with Crippen LogP contribution in [0.15, 0.2) is 54.7 Å². The van der Waals surface area contributed by atoms with Crippen LogP contribution in [0.4, 0.5) is 11.8 Å². The Kier molecular flexibility index (Phi) is 9.40. The molecule has 0 aliphatic rings. The van der Waals surface area contributed by atoms with Gasteiger partial charge in [-0.05, 0) is 55.0 Å². The van der Waals surface area contributed by atoms with E-state index in [0.29, 0.717) is 23.3 Å². The second-order valence-corrected chi connectivity index (χ2v) is 9.84. The van der Waals surface area contributed by atoms with Crippen LogP contribution in [0.3, 0.4) is 0 Å². The number of carbonyl (C=O) groups is 4.